The van der Waals surface area contributed by atoms with Crippen LogP contribution in [0.25, 0.3) is 0 Å². The summed E-state index contributed by atoms with van der Waals surface area (Å²) in [6.45, 7) is 7.14. The number of alkyl halides is 2. The van der Waals surface area contributed by atoms with Crippen LogP contribution in [0.5, 0.6) is 0 Å². The summed E-state index contributed by atoms with van der Waals surface area (Å²) >= 11 is 11.8. The van der Waals surface area contributed by atoms with Gasteiger partial charge in [-0.25, -0.2) is 4.79 Å². The number of carbonyl (C=O) groups excluding carboxylic acids is 2. The van der Waals surface area contributed by atoms with Crippen LogP contribution in [0.2, 0.25) is 0 Å². The Hall–Kier alpha value is -2.10. The molecule has 0 saturated carbocycles. The lowest BCUT2D eigenvalue weighted by Gasteiger charge is -2.24. The number of ether oxygens (including phenoxy) is 1. The van der Waals surface area contributed by atoms with Crippen LogP contribution in [0.1, 0.15) is 39.2 Å². The summed E-state index contributed by atoms with van der Waals surface area (Å²) in [5, 5.41) is 5.51. The summed E-state index contributed by atoms with van der Waals surface area (Å²) in [5.41, 5.74) is 1.24. The molecule has 0 spiro atoms. The van der Waals surface area contributed by atoms with Gasteiger partial charge in [0.1, 0.15) is 11.6 Å². The predicted molar refractivity (Wildman–Crippen MR) is 128 cm³/mol. The number of unbranched alkanes of at least 4 members (excludes halogenated alkanes) is 1. The van der Waals surface area contributed by atoms with Crippen LogP contribution in [0.3, 0.4) is 0 Å². The molecular formula is C23H33Cl2N3O3. The lowest BCUT2D eigenvalue weighted by atomic mass is 10.0. The topological polar surface area (TPSA) is 70.7 Å². The number of anilines is 1. The Labute approximate surface area is 196 Å². The average Bonchev–Trinajstić information content (AvgIpc) is 2.69. The SMILES string of the molecule is C#CCCCNC(=O)[C@H](Cc1ccc(N(CCCl)CCCl)cc1)NC(=O)OC(C)(C)C. The van der Waals surface area contributed by atoms with Gasteiger partial charge in [-0.05, 0) is 44.9 Å². The number of nitrogens with zero attached hydrogens (tertiary/aromatic N) is 1. The number of amides is 2. The summed E-state index contributed by atoms with van der Waals surface area (Å²) in [5.74, 6) is 3.26. The molecule has 0 radical (unpaired) electrons. The van der Waals surface area contributed by atoms with Crippen molar-refractivity contribution in [2.45, 2.75) is 51.7 Å². The minimum atomic E-state index is -0.770. The van der Waals surface area contributed by atoms with Crippen LogP contribution in [-0.2, 0) is 16.0 Å². The number of rotatable bonds is 12. The fraction of sp³-hybridized carbons (Fsp3) is 0.565. The van der Waals surface area contributed by atoms with Crippen molar-refractivity contribution in [1.82, 2.24) is 10.6 Å². The Balaban J connectivity index is 2.88. The van der Waals surface area contributed by atoms with E-state index < -0.39 is 17.7 Å². The molecule has 0 aromatic heterocycles. The minimum Gasteiger partial charge on any atom is -0.444 e. The van der Waals surface area contributed by atoms with Crippen LogP contribution in [0.4, 0.5) is 10.5 Å². The first-order valence-electron chi connectivity index (χ1n) is 10.4. The van der Waals surface area contributed by atoms with Gasteiger partial charge in [0, 0.05) is 49.9 Å². The molecule has 0 aliphatic carbocycles. The molecule has 0 unspecified atom stereocenters. The van der Waals surface area contributed by atoms with E-state index >= 15 is 0 Å². The number of alkyl carbamates (subject to hydrolysis) is 1. The summed E-state index contributed by atoms with van der Waals surface area (Å²) in [6, 6.07) is 7.02. The van der Waals surface area contributed by atoms with Gasteiger partial charge in [0.2, 0.25) is 5.91 Å². The smallest absolute Gasteiger partial charge is 0.408 e. The Morgan fingerprint density at radius 3 is 2.29 bits per heavy atom. The summed E-state index contributed by atoms with van der Waals surface area (Å²) in [6.07, 6.45) is 6.19. The molecule has 0 saturated heterocycles. The van der Waals surface area contributed by atoms with E-state index in [2.05, 4.69) is 21.5 Å². The number of hydrogen-bond acceptors (Lipinski definition) is 4. The van der Waals surface area contributed by atoms with Crippen molar-refractivity contribution < 1.29 is 14.3 Å². The summed E-state index contributed by atoms with van der Waals surface area (Å²) in [7, 11) is 0. The second kappa shape index (κ2) is 14.1. The Bertz CT molecular complexity index is 721. The van der Waals surface area contributed by atoms with E-state index in [-0.39, 0.29) is 5.91 Å². The van der Waals surface area contributed by atoms with Crippen molar-refractivity contribution in [1.29, 1.82) is 0 Å². The fourth-order valence-corrected chi connectivity index (χ4v) is 3.24. The van der Waals surface area contributed by atoms with Gasteiger partial charge < -0.3 is 20.3 Å². The molecule has 0 fully saturated rings. The van der Waals surface area contributed by atoms with Crippen LogP contribution in [0.15, 0.2) is 24.3 Å². The van der Waals surface area contributed by atoms with E-state index in [1.54, 1.807) is 20.8 Å². The zero-order valence-corrected chi connectivity index (χ0v) is 20.1. The molecule has 1 aromatic carbocycles. The van der Waals surface area contributed by atoms with E-state index in [0.29, 0.717) is 50.7 Å². The maximum atomic E-state index is 12.7. The maximum absolute atomic E-state index is 12.7. The molecule has 0 aliphatic heterocycles. The molecule has 1 aromatic rings. The summed E-state index contributed by atoms with van der Waals surface area (Å²) < 4.78 is 5.32. The number of benzene rings is 1. The fourth-order valence-electron chi connectivity index (χ4n) is 2.84. The second-order valence-electron chi connectivity index (χ2n) is 8.03. The van der Waals surface area contributed by atoms with Gasteiger partial charge in [-0.2, -0.15) is 0 Å². The summed E-state index contributed by atoms with van der Waals surface area (Å²) in [4.78, 5) is 27.0. The first-order chi connectivity index (χ1) is 14.7. The Morgan fingerprint density at radius 1 is 1.16 bits per heavy atom. The Kier molecular flexibility index (Phi) is 12.2. The molecule has 6 nitrogen and oxygen atoms in total. The third-order valence-corrected chi connectivity index (χ3v) is 4.59. The minimum absolute atomic E-state index is 0.280. The highest BCUT2D eigenvalue weighted by Gasteiger charge is 2.24. The average molecular weight is 470 g/mol. The molecule has 172 valence electrons. The van der Waals surface area contributed by atoms with Crippen LogP contribution >= 0.6 is 23.2 Å². The number of nitrogens with one attached hydrogen (secondary N) is 2. The molecule has 0 aliphatic rings. The highest BCUT2D eigenvalue weighted by atomic mass is 35.5. The van der Waals surface area contributed by atoms with Gasteiger partial charge in [-0.15, -0.1) is 35.5 Å². The third-order valence-electron chi connectivity index (χ3n) is 4.25. The van der Waals surface area contributed by atoms with Gasteiger partial charge in [0.05, 0.1) is 0 Å². The van der Waals surface area contributed by atoms with Crippen molar-refractivity contribution in [3.05, 3.63) is 29.8 Å². The molecule has 2 N–H and O–H groups in total. The number of halogens is 2. The first kappa shape index (κ1) is 26.9. The monoisotopic (exact) mass is 469 g/mol. The van der Waals surface area contributed by atoms with E-state index in [9.17, 15) is 9.59 Å². The molecular weight excluding hydrogens is 437 g/mol. The largest absolute Gasteiger partial charge is 0.444 e. The predicted octanol–water partition coefficient (Wildman–Crippen LogP) is 3.94. The van der Waals surface area contributed by atoms with Gasteiger partial charge in [-0.1, -0.05) is 12.1 Å². The molecule has 1 atom stereocenters. The third kappa shape index (κ3) is 11.2. The van der Waals surface area contributed by atoms with Crippen molar-refractivity contribution in [3.63, 3.8) is 0 Å². The quantitative estimate of drug-likeness (QED) is 0.276. The van der Waals surface area contributed by atoms with E-state index in [4.69, 9.17) is 34.4 Å². The molecule has 1 rings (SSSR count). The first-order valence-corrected chi connectivity index (χ1v) is 11.4. The standard InChI is InChI=1S/C23H33Cl2N3O3/c1-5-6-7-14-26-21(29)20(27-22(30)31-23(2,3)4)17-18-8-10-19(11-9-18)28(15-12-24)16-13-25/h1,8-11,20H,6-7,12-17H2,2-4H3,(H,26,29)(H,27,30)/t20-/m0/s1. The lowest BCUT2D eigenvalue weighted by Crippen LogP contribution is -2.49. The second-order valence-corrected chi connectivity index (χ2v) is 8.79. The maximum Gasteiger partial charge on any atom is 0.408 e. The van der Waals surface area contributed by atoms with Gasteiger partial charge >= 0.3 is 6.09 Å². The van der Waals surface area contributed by atoms with Crippen molar-refractivity contribution in [2.75, 3.05) is 36.3 Å². The highest BCUT2D eigenvalue weighted by molar-refractivity contribution is 6.18. The van der Waals surface area contributed by atoms with E-state index in [1.165, 1.54) is 0 Å². The van der Waals surface area contributed by atoms with E-state index in [0.717, 1.165) is 11.3 Å². The highest BCUT2D eigenvalue weighted by Crippen LogP contribution is 2.17. The normalized spacial score (nSPS) is 11.9. The number of terminal acetylenes is 1. The van der Waals surface area contributed by atoms with Crippen LogP contribution in [0, 0.1) is 12.3 Å². The molecule has 2 amide bonds. The van der Waals surface area contributed by atoms with Gasteiger partial charge in [0.15, 0.2) is 0 Å². The molecule has 0 bridgehead atoms. The Morgan fingerprint density at radius 2 is 1.77 bits per heavy atom. The zero-order chi connectivity index (χ0) is 23.3. The molecule has 31 heavy (non-hydrogen) atoms. The van der Waals surface area contributed by atoms with Crippen LogP contribution < -0.4 is 15.5 Å². The molecule has 0 heterocycles. The molecule has 8 heteroatoms. The van der Waals surface area contributed by atoms with E-state index in [1.807, 2.05) is 24.3 Å². The van der Waals surface area contributed by atoms with Gasteiger partial charge in [0.25, 0.3) is 0 Å². The lowest BCUT2D eigenvalue weighted by molar-refractivity contribution is -0.123. The van der Waals surface area contributed by atoms with Crippen LogP contribution in [-0.4, -0.2) is 55.0 Å². The van der Waals surface area contributed by atoms with Crippen molar-refractivity contribution >= 4 is 40.9 Å². The van der Waals surface area contributed by atoms with Gasteiger partial charge in [-0.3, -0.25) is 4.79 Å². The van der Waals surface area contributed by atoms with Crippen molar-refractivity contribution in [2.24, 2.45) is 0 Å². The number of hydrogen-bond donors (Lipinski definition) is 2. The number of carbonyl (C=O) groups is 2. The van der Waals surface area contributed by atoms with Crippen molar-refractivity contribution in [3.8, 4) is 12.3 Å². The zero-order valence-electron chi connectivity index (χ0n) is 18.5.